The number of halogens is 4. The number of amides is 1. The smallest absolute Gasteiger partial charge is 0.416 e. The minimum absolute atomic E-state index is 0.217. The molecule has 8 heteroatoms. The molecule has 0 radical (unpaired) electrons. The van der Waals surface area contributed by atoms with Crippen LogP contribution in [0.15, 0.2) is 36.4 Å². The van der Waals surface area contributed by atoms with Crippen molar-refractivity contribution in [3.8, 4) is 11.5 Å². The molecule has 0 atom stereocenters. The maximum atomic E-state index is 12.6. The monoisotopic (exact) mass is 371 g/mol. The molecule has 0 unspecified atom stereocenters. The fourth-order valence-corrected chi connectivity index (χ4v) is 2.57. The van der Waals surface area contributed by atoms with Gasteiger partial charge in [-0.05, 0) is 36.4 Å². The van der Waals surface area contributed by atoms with Gasteiger partial charge in [0.05, 0.1) is 23.8 Å². The summed E-state index contributed by atoms with van der Waals surface area (Å²) < 4.78 is 48.7. The van der Waals surface area contributed by atoms with Gasteiger partial charge < -0.3 is 14.8 Å². The molecule has 4 nitrogen and oxygen atoms in total. The predicted molar refractivity (Wildman–Crippen MR) is 86.5 cm³/mol. The number of nitrogens with one attached hydrogen (secondary N) is 1. The first-order chi connectivity index (χ1) is 11.8. The van der Waals surface area contributed by atoms with Crippen LogP contribution in [-0.4, -0.2) is 19.1 Å². The maximum Gasteiger partial charge on any atom is 0.416 e. The third kappa shape index (κ3) is 3.99. The average Bonchev–Trinajstić information content (AvgIpc) is 2.80. The molecule has 132 valence electrons. The number of alkyl halides is 3. The van der Waals surface area contributed by atoms with Gasteiger partial charge in [-0.25, -0.2) is 0 Å². The number of fused-ring (bicyclic) bond motifs is 1. The number of hydrogen-bond acceptors (Lipinski definition) is 3. The summed E-state index contributed by atoms with van der Waals surface area (Å²) in [7, 11) is 0. The zero-order valence-electron chi connectivity index (χ0n) is 12.8. The zero-order chi connectivity index (χ0) is 18.0. The largest absolute Gasteiger partial charge is 0.489 e. The number of benzene rings is 2. The Labute approximate surface area is 146 Å². The van der Waals surface area contributed by atoms with Gasteiger partial charge in [-0.1, -0.05) is 11.6 Å². The predicted octanol–water partition coefficient (Wildman–Crippen LogP) is 4.77. The summed E-state index contributed by atoms with van der Waals surface area (Å²) in [6, 6.07) is 7.09. The first-order valence-corrected chi connectivity index (χ1v) is 7.80. The van der Waals surface area contributed by atoms with Crippen molar-refractivity contribution < 1.29 is 27.4 Å². The molecule has 1 amide bonds. The molecule has 0 saturated carbocycles. The van der Waals surface area contributed by atoms with Crippen LogP contribution in [0.5, 0.6) is 11.5 Å². The molecule has 1 N–H and O–H groups in total. The molecule has 0 bridgehead atoms. The highest BCUT2D eigenvalue weighted by Gasteiger charge is 2.30. The molecule has 2 aromatic rings. The summed E-state index contributed by atoms with van der Waals surface area (Å²) in [4.78, 5) is 12.3. The van der Waals surface area contributed by atoms with Crippen LogP contribution >= 0.6 is 11.6 Å². The van der Waals surface area contributed by atoms with Crippen molar-refractivity contribution in [1.29, 1.82) is 0 Å². The summed E-state index contributed by atoms with van der Waals surface area (Å²) in [5.41, 5.74) is -0.334. The van der Waals surface area contributed by atoms with E-state index in [4.69, 9.17) is 21.1 Å². The van der Waals surface area contributed by atoms with E-state index in [1.165, 1.54) is 24.3 Å². The Bertz CT molecular complexity index is 791. The lowest BCUT2D eigenvalue weighted by Crippen LogP contribution is -2.13. The van der Waals surface area contributed by atoms with E-state index in [9.17, 15) is 18.0 Å². The number of rotatable bonds is 2. The Hall–Kier alpha value is -2.41. The molecule has 0 aliphatic carbocycles. The molecule has 1 aliphatic rings. The number of ether oxygens (including phenoxy) is 2. The second-order valence-corrected chi connectivity index (χ2v) is 5.77. The summed E-state index contributed by atoms with van der Waals surface area (Å²) in [6.45, 7) is 0.900. The minimum Gasteiger partial charge on any atom is -0.489 e. The Morgan fingerprint density at radius 1 is 1.08 bits per heavy atom. The Morgan fingerprint density at radius 3 is 2.44 bits per heavy atom. The van der Waals surface area contributed by atoms with Gasteiger partial charge in [0.25, 0.3) is 5.91 Å². The topological polar surface area (TPSA) is 47.6 Å². The summed E-state index contributed by atoms with van der Waals surface area (Å²) in [6.07, 6.45) is -3.73. The molecule has 2 aromatic carbocycles. The molecule has 25 heavy (non-hydrogen) atoms. The quantitative estimate of drug-likeness (QED) is 0.827. The fraction of sp³-hybridized carbons (Fsp3) is 0.235. The first-order valence-electron chi connectivity index (χ1n) is 7.42. The van der Waals surface area contributed by atoms with Crippen molar-refractivity contribution in [2.75, 3.05) is 18.5 Å². The average molecular weight is 372 g/mol. The van der Waals surface area contributed by atoms with Gasteiger partial charge in [0.1, 0.15) is 0 Å². The van der Waals surface area contributed by atoms with E-state index >= 15 is 0 Å². The SMILES string of the molecule is O=C(Nc1ccc(C(F)(F)F)cc1)c1cc(Cl)c2c(c1)OCCCO2. The lowest BCUT2D eigenvalue weighted by molar-refractivity contribution is -0.137. The Morgan fingerprint density at radius 2 is 1.76 bits per heavy atom. The van der Waals surface area contributed by atoms with Crippen molar-refractivity contribution in [2.24, 2.45) is 0 Å². The van der Waals surface area contributed by atoms with E-state index in [1.54, 1.807) is 0 Å². The van der Waals surface area contributed by atoms with Crippen molar-refractivity contribution >= 4 is 23.2 Å². The molecule has 1 heterocycles. The highest BCUT2D eigenvalue weighted by molar-refractivity contribution is 6.32. The van der Waals surface area contributed by atoms with Gasteiger partial charge in [-0.2, -0.15) is 13.2 Å². The number of carbonyl (C=O) groups is 1. The minimum atomic E-state index is -4.43. The normalized spacial score (nSPS) is 13.9. The van der Waals surface area contributed by atoms with Crippen LogP contribution in [0.25, 0.3) is 0 Å². The van der Waals surface area contributed by atoms with E-state index in [0.717, 1.165) is 12.1 Å². The lowest BCUT2D eigenvalue weighted by atomic mass is 10.1. The van der Waals surface area contributed by atoms with Crippen molar-refractivity contribution in [2.45, 2.75) is 12.6 Å². The number of hydrogen-bond donors (Lipinski definition) is 1. The van der Waals surface area contributed by atoms with Gasteiger partial charge in [-0.15, -0.1) is 0 Å². The van der Waals surface area contributed by atoms with E-state index in [-0.39, 0.29) is 16.3 Å². The van der Waals surface area contributed by atoms with Crippen LogP contribution in [-0.2, 0) is 6.18 Å². The van der Waals surface area contributed by atoms with Crippen LogP contribution in [0.2, 0.25) is 5.02 Å². The maximum absolute atomic E-state index is 12.6. The number of anilines is 1. The molecule has 3 rings (SSSR count). The Balaban J connectivity index is 1.79. The van der Waals surface area contributed by atoms with E-state index < -0.39 is 17.6 Å². The van der Waals surface area contributed by atoms with E-state index in [2.05, 4.69) is 5.32 Å². The van der Waals surface area contributed by atoms with Crippen molar-refractivity contribution in [3.05, 3.63) is 52.5 Å². The molecule has 0 aromatic heterocycles. The standard InChI is InChI=1S/C17H13ClF3NO3/c18-13-8-10(9-14-15(13)25-7-1-6-24-14)16(23)22-12-4-2-11(3-5-12)17(19,20)21/h2-5,8-9H,1,6-7H2,(H,22,23). The van der Waals surface area contributed by atoms with Crippen molar-refractivity contribution in [1.82, 2.24) is 0 Å². The fourth-order valence-electron chi connectivity index (χ4n) is 2.31. The summed E-state index contributed by atoms with van der Waals surface area (Å²) in [5, 5.41) is 2.76. The molecule has 0 saturated heterocycles. The Kier molecular flexibility index (Phi) is 4.76. The summed E-state index contributed by atoms with van der Waals surface area (Å²) >= 11 is 6.13. The van der Waals surface area contributed by atoms with Gasteiger partial charge >= 0.3 is 6.18 Å². The molecular formula is C17H13ClF3NO3. The second-order valence-electron chi connectivity index (χ2n) is 5.37. The van der Waals surface area contributed by atoms with E-state index in [1.807, 2.05) is 0 Å². The highest BCUT2D eigenvalue weighted by atomic mass is 35.5. The third-order valence-corrected chi connectivity index (χ3v) is 3.82. The molecular weight excluding hydrogens is 359 g/mol. The van der Waals surface area contributed by atoms with Gasteiger partial charge in [0, 0.05) is 17.7 Å². The van der Waals surface area contributed by atoms with Crippen LogP contribution in [0, 0.1) is 0 Å². The highest BCUT2D eigenvalue weighted by Crippen LogP contribution is 2.38. The van der Waals surface area contributed by atoms with Crippen molar-refractivity contribution in [3.63, 3.8) is 0 Å². The van der Waals surface area contributed by atoms with Crippen LogP contribution in [0.4, 0.5) is 18.9 Å². The third-order valence-electron chi connectivity index (χ3n) is 3.53. The van der Waals surface area contributed by atoms with Crippen LogP contribution < -0.4 is 14.8 Å². The molecule has 0 fully saturated rings. The lowest BCUT2D eigenvalue weighted by Gasteiger charge is -2.12. The summed E-state index contributed by atoms with van der Waals surface area (Å²) in [5.74, 6) is 0.227. The zero-order valence-corrected chi connectivity index (χ0v) is 13.6. The van der Waals surface area contributed by atoms with Gasteiger partial charge in [-0.3, -0.25) is 4.79 Å². The molecule has 1 aliphatic heterocycles. The first kappa shape index (κ1) is 17.4. The van der Waals surface area contributed by atoms with Crippen LogP contribution in [0.1, 0.15) is 22.3 Å². The van der Waals surface area contributed by atoms with E-state index in [0.29, 0.717) is 31.1 Å². The van der Waals surface area contributed by atoms with Gasteiger partial charge in [0.2, 0.25) is 0 Å². The van der Waals surface area contributed by atoms with Crippen LogP contribution in [0.3, 0.4) is 0 Å². The number of carbonyl (C=O) groups excluding carboxylic acids is 1. The molecule has 0 spiro atoms. The van der Waals surface area contributed by atoms with Gasteiger partial charge in [0.15, 0.2) is 11.5 Å². The second kappa shape index (κ2) is 6.84.